The summed E-state index contributed by atoms with van der Waals surface area (Å²) in [6, 6.07) is 0. The van der Waals surface area contributed by atoms with Crippen molar-refractivity contribution < 1.29 is 27.2 Å². The molecule has 26 heavy (non-hydrogen) atoms. The van der Waals surface area contributed by atoms with Crippen molar-refractivity contribution in [1.29, 1.82) is 0 Å². The minimum atomic E-state index is -3.65. The SMILES string of the molecule is CCOc1nc(N)nc2c1ncn2[C@H]1CC[C@@](CO)(COS(C)(=O)=O)O1. The first kappa shape index (κ1) is 18.8. The van der Waals surface area contributed by atoms with Gasteiger partial charge in [-0.05, 0) is 19.8 Å². The molecular formula is C14H21N5O6S. The maximum atomic E-state index is 11.2. The van der Waals surface area contributed by atoms with E-state index in [0.29, 0.717) is 30.6 Å². The van der Waals surface area contributed by atoms with E-state index in [1.54, 1.807) is 4.57 Å². The molecule has 0 aromatic carbocycles. The lowest BCUT2D eigenvalue weighted by Crippen LogP contribution is -2.39. The maximum absolute atomic E-state index is 11.2. The van der Waals surface area contributed by atoms with Gasteiger partial charge in [0.05, 0.1) is 32.4 Å². The van der Waals surface area contributed by atoms with Gasteiger partial charge in [-0.15, -0.1) is 0 Å². The maximum Gasteiger partial charge on any atom is 0.264 e. The Hall–Kier alpha value is -2.02. The van der Waals surface area contributed by atoms with Gasteiger partial charge in [0, 0.05) is 0 Å². The molecule has 0 radical (unpaired) electrons. The number of aromatic nitrogens is 4. The van der Waals surface area contributed by atoms with Gasteiger partial charge < -0.3 is 20.3 Å². The number of fused-ring (bicyclic) bond motifs is 1. The number of anilines is 1. The van der Waals surface area contributed by atoms with Gasteiger partial charge in [0.1, 0.15) is 11.8 Å². The molecule has 1 aliphatic rings. The average Bonchev–Trinajstić information content (AvgIpc) is 3.17. The zero-order valence-electron chi connectivity index (χ0n) is 14.5. The summed E-state index contributed by atoms with van der Waals surface area (Å²) in [6.07, 6.45) is 2.87. The summed E-state index contributed by atoms with van der Waals surface area (Å²) < 4.78 is 40.4. The molecule has 3 rings (SSSR count). The number of imidazole rings is 1. The normalized spacial score (nSPS) is 23.6. The Labute approximate surface area is 150 Å². The van der Waals surface area contributed by atoms with Gasteiger partial charge >= 0.3 is 0 Å². The molecule has 3 N–H and O–H groups in total. The van der Waals surface area contributed by atoms with Gasteiger partial charge in [-0.1, -0.05) is 0 Å². The van der Waals surface area contributed by atoms with Crippen molar-refractivity contribution >= 4 is 27.2 Å². The van der Waals surface area contributed by atoms with Crippen LogP contribution in [-0.2, 0) is 19.0 Å². The summed E-state index contributed by atoms with van der Waals surface area (Å²) >= 11 is 0. The second-order valence-corrected chi connectivity index (χ2v) is 7.71. The molecule has 12 heteroatoms. The first-order chi connectivity index (χ1) is 12.3. The molecule has 11 nitrogen and oxygen atoms in total. The first-order valence-electron chi connectivity index (χ1n) is 8.03. The van der Waals surface area contributed by atoms with E-state index in [9.17, 15) is 13.5 Å². The molecule has 0 unspecified atom stereocenters. The molecule has 3 heterocycles. The van der Waals surface area contributed by atoms with E-state index in [1.807, 2.05) is 6.92 Å². The largest absolute Gasteiger partial charge is 0.476 e. The van der Waals surface area contributed by atoms with Gasteiger partial charge in [0.2, 0.25) is 11.8 Å². The third-order valence-electron chi connectivity index (χ3n) is 4.06. The Morgan fingerprint density at radius 2 is 2.27 bits per heavy atom. The zero-order valence-corrected chi connectivity index (χ0v) is 15.3. The Kier molecular flexibility index (Phi) is 5.01. The van der Waals surface area contributed by atoms with Crippen molar-refractivity contribution in [3.05, 3.63) is 6.33 Å². The highest BCUT2D eigenvalue weighted by Crippen LogP contribution is 2.38. The second kappa shape index (κ2) is 6.95. The van der Waals surface area contributed by atoms with Crippen LogP contribution in [0.25, 0.3) is 11.2 Å². The van der Waals surface area contributed by atoms with E-state index in [-0.39, 0.29) is 25.0 Å². The van der Waals surface area contributed by atoms with Crippen molar-refractivity contribution in [2.75, 3.05) is 31.8 Å². The number of nitrogens with zero attached hydrogens (tertiary/aromatic N) is 4. The van der Waals surface area contributed by atoms with Crippen LogP contribution in [0.4, 0.5) is 5.95 Å². The van der Waals surface area contributed by atoms with Crippen molar-refractivity contribution in [2.45, 2.75) is 31.6 Å². The number of nitrogens with two attached hydrogens (primary N) is 1. The van der Waals surface area contributed by atoms with Crippen LogP contribution in [-0.4, -0.2) is 64.7 Å². The highest BCUT2D eigenvalue weighted by Gasteiger charge is 2.42. The number of aliphatic hydroxyl groups is 1. The fourth-order valence-electron chi connectivity index (χ4n) is 2.83. The van der Waals surface area contributed by atoms with Crippen LogP contribution >= 0.6 is 0 Å². The van der Waals surface area contributed by atoms with Crippen LogP contribution in [0.5, 0.6) is 5.88 Å². The summed E-state index contributed by atoms with van der Waals surface area (Å²) in [7, 11) is -3.65. The van der Waals surface area contributed by atoms with Crippen molar-refractivity contribution in [2.24, 2.45) is 0 Å². The minimum absolute atomic E-state index is 0.0366. The lowest BCUT2D eigenvalue weighted by molar-refractivity contribution is -0.114. The number of nitrogen functional groups attached to an aromatic ring is 1. The molecule has 0 amide bonds. The number of ether oxygens (including phenoxy) is 2. The van der Waals surface area contributed by atoms with Gasteiger partial charge in [-0.3, -0.25) is 8.75 Å². The number of aliphatic hydroxyl groups excluding tert-OH is 1. The Bertz CT molecular complexity index is 901. The van der Waals surface area contributed by atoms with E-state index in [0.717, 1.165) is 6.26 Å². The number of hydrogen-bond acceptors (Lipinski definition) is 10. The number of hydrogen-bond donors (Lipinski definition) is 2. The number of rotatable bonds is 7. The quantitative estimate of drug-likeness (QED) is 0.612. The van der Waals surface area contributed by atoms with Gasteiger partial charge in [0.25, 0.3) is 10.1 Å². The molecule has 2 aromatic heterocycles. The summed E-state index contributed by atoms with van der Waals surface area (Å²) in [4.78, 5) is 12.5. The van der Waals surface area contributed by atoms with Crippen LogP contribution in [0.3, 0.4) is 0 Å². The van der Waals surface area contributed by atoms with Crippen LogP contribution in [0.1, 0.15) is 26.0 Å². The standard InChI is InChI=1S/C14H21N5O6S/c1-3-23-12-10-11(17-13(15)18-12)19(8-16-10)9-4-5-14(6-20,25-9)7-24-26(2,21)22/h8-9,20H,3-7H2,1-2H3,(H2,15,17,18)/t9-,14-/m1/s1. The van der Waals surface area contributed by atoms with E-state index in [1.165, 1.54) is 6.33 Å². The summed E-state index contributed by atoms with van der Waals surface area (Å²) in [5.74, 6) is 0.315. The molecule has 0 spiro atoms. The lowest BCUT2D eigenvalue weighted by Gasteiger charge is -2.26. The van der Waals surface area contributed by atoms with Gasteiger partial charge in [0.15, 0.2) is 11.2 Å². The van der Waals surface area contributed by atoms with E-state index >= 15 is 0 Å². The molecule has 0 saturated carbocycles. The predicted octanol–water partition coefficient (Wildman–Crippen LogP) is -0.176. The summed E-state index contributed by atoms with van der Waals surface area (Å²) in [5, 5.41) is 9.71. The zero-order chi connectivity index (χ0) is 18.9. The molecule has 144 valence electrons. The molecule has 1 aliphatic heterocycles. The van der Waals surface area contributed by atoms with Crippen LogP contribution in [0, 0.1) is 0 Å². The monoisotopic (exact) mass is 387 g/mol. The minimum Gasteiger partial charge on any atom is -0.476 e. The predicted molar refractivity (Wildman–Crippen MR) is 90.9 cm³/mol. The third-order valence-corrected chi connectivity index (χ3v) is 4.60. The van der Waals surface area contributed by atoms with Crippen molar-refractivity contribution in [1.82, 2.24) is 19.5 Å². The van der Waals surface area contributed by atoms with Crippen LogP contribution in [0.15, 0.2) is 6.33 Å². The second-order valence-electron chi connectivity index (χ2n) is 6.06. The third kappa shape index (κ3) is 3.72. The molecule has 1 fully saturated rings. The average molecular weight is 387 g/mol. The fraction of sp³-hybridized carbons (Fsp3) is 0.643. The fourth-order valence-corrected chi connectivity index (χ4v) is 3.26. The van der Waals surface area contributed by atoms with Crippen molar-refractivity contribution in [3.8, 4) is 5.88 Å². The molecular weight excluding hydrogens is 366 g/mol. The van der Waals surface area contributed by atoms with E-state index in [2.05, 4.69) is 15.0 Å². The smallest absolute Gasteiger partial charge is 0.264 e. The Morgan fingerprint density at radius 3 is 2.92 bits per heavy atom. The van der Waals surface area contributed by atoms with E-state index < -0.39 is 21.9 Å². The van der Waals surface area contributed by atoms with Gasteiger partial charge in [-0.25, -0.2) is 4.98 Å². The molecule has 0 bridgehead atoms. The van der Waals surface area contributed by atoms with Crippen molar-refractivity contribution in [3.63, 3.8) is 0 Å². The topological polar surface area (TPSA) is 152 Å². The summed E-state index contributed by atoms with van der Waals surface area (Å²) in [6.45, 7) is 1.56. The molecule has 0 aliphatic carbocycles. The molecule has 2 atom stereocenters. The molecule has 2 aromatic rings. The van der Waals surface area contributed by atoms with Crippen LogP contribution < -0.4 is 10.5 Å². The Balaban J connectivity index is 1.88. The Morgan fingerprint density at radius 1 is 1.50 bits per heavy atom. The van der Waals surface area contributed by atoms with Gasteiger partial charge in [-0.2, -0.15) is 18.4 Å². The lowest BCUT2D eigenvalue weighted by atomic mass is 10.0. The van der Waals surface area contributed by atoms with E-state index in [4.69, 9.17) is 19.4 Å². The first-order valence-corrected chi connectivity index (χ1v) is 9.84. The highest BCUT2D eigenvalue weighted by atomic mass is 32.2. The van der Waals surface area contributed by atoms with Crippen LogP contribution in [0.2, 0.25) is 0 Å². The highest BCUT2D eigenvalue weighted by molar-refractivity contribution is 7.85. The molecule has 1 saturated heterocycles. The summed E-state index contributed by atoms with van der Waals surface area (Å²) in [5.41, 5.74) is 5.50.